The van der Waals surface area contributed by atoms with Crippen molar-refractivity contribution in [2.24, 2.45) is 0 Å². The highest BCUT2D eigenvalue weighted by molar-refractivity contribution is 9.10. The summed E-state index contributed by atoms with van der Waals surface area (Å²) in [5, 5.41) is 10.7. The van der Waals surface area contributed by atoms with E-state index in [-0.39, 0.29) is 16.3 Å². The molecule has 0 saturated carbocycles. The molecular weight excluding hydrogens is 294 g/mol. The van der Waals surface area contributed by atoms with E-state index in [0.29, 0.717) is 10.5 Å². The van der Waals surface area contributed by atoms with Gasteiger partial charge in [-0.3, -0.25) is 14.9 Å². The zero-order valence-corrected chi connectivity index (χ0v) is 11.2. The molecule has 1 aromatic carbocycles. The summed E-state index contributed by atoms with van der Waals surface area (Å²) in [7, 11) is 0. The van der Waals surface area contributed by atoms with Gasteiger partial charge in [-0.2, -0.15) is 0 Å². The Labute approximate surface area is 106 Å². The van der Waals surface area contributed by atoms with Gasteiger partial charge < -0.3 is 0 Å². The Morgan fingerprint density at radius 1 is 1.50 bits per heavy atom. The molecule has 0 aliphatic carbocycles. The van der Waals surface area contributed by atoms with Gasteiger partial charge in [0.25, 0.3) is 5.69 Å². The molecule has 0 amide bonds. The van der Waals surface area contributed by atoms with Crippen molar-refractivity contribution in [2.45, 2.75) is 16.6 Å². The van der Waals surface area contributed by atoms with Crippen LogP contribution in [0.5, 0.6) is 0 Å². The highest BCUT2D eigenvalue weighted by atomic mass is 79.9. The average Bonchev–Trinajstić information content (AvgIpc) is 2.27. The van der Waals surface area contributed by atoms with E-state index in [9.17, 15) is 14.9 Å². The first-order valence-corrected chi connectivity index (χ1v) is 6.61. The fraction of sp³-hybridized carbons (Fsp3) is 0.300. The van der Waals surface area contributed by atoms with Crippen LogP contribution in [0.25, 0.3) is 0 Å². The molecule has 0 aromatic heterocycles. The summed E-state index contributed by atoms with van der Waals surface area (Å²) in [5.74, 6) is -0.154. The average molecular weight is 304 g/mol. The van der Waals surface area contributed by atoms with Crippen LogP contribution in [-0.2, 0) is 0 Å². The molecule has 1 rings (SSSR count). The van der Waals surface area contributed by atoms with Gasteiger partial charge in [-0.25, -0.2) is 0 Å². The van der Waals surface area contributed by atoms with E-state index in [4.69, 9.17) is 0 Å². The third kappa shape index (κ3) is 3.05. The molecule has 0 spiro atoms. The Morgan fingerprint density at radius 2 is 2.12 bits per heavy atom. The largest absolute Gasteiger partial charge is 0.293 e. The number of ketones is 1. The number of benzene rings is 1. The molecular formula is C10H10BrNO3S. The minimum Gasteiger partial charge on any atom is -0.293 e. The molecule has 0 aliphatic heterocycles. The van der Waals surface area contributed by atoms with Crippen LogP contribution in [0.3, 0.4) is 0 Å². The van der Waals surface area contributed by atoms with E-state index in [1.165, 1.54) is 23.9 Å². The second-order valence-corrected chi connectivity index (χ2v) is 5.41. The van der Waals surface area contributed by atoms with Crippen molar-refractivity contribution in [3.8, 4) is 0 Å². The summed E-state index contributed by atoms with van der Waals surface area (Å²) in [6, 6.07) is 4.43. The predicted molar refractivity (Wildman–Crippen MR) is 67.6 cm³/mol. The van der Waals surface area contributed by atoms with Crippen LogP contribution in [0.1, 0.15) is 17.3 Å². The lowest BCUT2D eigenvalue weighted by molar-refractivity contribution is -0.385. The number of thioether (sulfide) groups is 1. The molecule has 1 aromatic rings. The Bertz CT molecular complexity index is 434. The maximum absolute atomic E-state index is 11.7. The summed E-state index contributed by atoms with van der Waals surface area (Å²) in [6.07, 6.45) is 1.81. The van der Waals surface area contributed by atoms with Crippen molar-refractivity contribution in [3.05, 3.63) is 33.9 Å². The highest BCUT2D eigenvalue weighted by Gasteiger charge is 2.17. The number of Topliss-reactive ketones (excluding diaryl/α,β-unsaturated/α-hetero) is 1. The van der Waals surface area contributed by atoms with E-state index in [1.54, 1.807) is 13.0 Å². The number of nitrogens with zero attached hydrogens (tertiary/aromatic N) is 1. The number of nitro groups is 1. The number of carbonyl (C=O) groups excluding carboxylic acids is 1. The fourth-order valence-corrected chi connectivity index (χ4v) is 1.93. The van der Waals surface area contributed by atoms with Crippen LogP contribution < -0.4 is 0 Å². The van der Waals surface area contributed by atoms with Gasteiger partial charge in [0.2, 0.25) is 0 Å². The Hall–Kier alpha value is -0.880. The minimum atomic E-state index is -0.491. The molecule has 0 saturated heterocycles. The monoisotopic (exact) mass is 303 g/mol. The van der Waals surface area contributed by atoms with Gasteiger partial charge in [-0.15, -0.1) is 11.8 Å². The lowest BCUT2D eigenvalue weighted by Crippen LogP contribution is -2.10. The molecule has 4 nitrogen and oxygen atoms in total. The molecule has 86 valence electrons. The normalized spacial score (nSPS) is 12.2. The SMILES string of the molecule is CSc1cc(C(=O)C(C)Br)cc([N+](=O)[O-])c1. The van der Waals surface area contributed by atoms with Crippen molar-refractivity contribution < 1.29 is 9.72 Å². The third-order valence-electron chi connectivity index (χ3n) is 1.98. The molecule has 1 unspecified atom stereocenters. The molecule has 0 fully saturated rings. The molecule has 6 heteroatoms. The van der Waals surface area contributed by atoms with E-state index in [2.05, 4.69) is 15.9 Å². The van der Waals surface area contributed by atoms with Crippen LogP contribution in [0, 0.1) is 10.1 Å². The Morgan fingerprint density at radius 3 is 2.56 bits per heavy atom. The van der Waals surface area contributed by atoms with E-state index in [1.807, 2.05) is 6.26 Å². The van der Waals surface area contributed by atoms with Crippen molar-refractivity contribution in [1.82, 2.24) is 0 Å². The van der Waals surface area contributed by atoms with Crippen LogP contribution >= 0.6 is 27.7 Å². The quantitative estimate of drug-likeness (QED) is 0.281. The van der Waals surface area contributed by atoms with Crippen LogP contribution in [-0.4, -0.2) is 21.8 Å². The summed E-state index contributed by atoms with van der Waals surface area (Å²) >= 11 is 4.53. The van der Waals surface area contributed by atoms with Gasteiger partial charge in [-0.05, 0) is 19.2 Å². The van der Waals surface area contributed by atoms with Crippen molar-refractivity contribution in [2.75, 3.05) is 6.26 Å². The van der Waals surface area contributed by atoms with Crippen LogP contribution in [0.4, 0.5) is 5.69 Å². The Balaban J connectivity index is 3.24. The number of non-ortho nitro benzene ring substituents is 1. The summed E-state index contributed by atoms with van der Waals surface area (Å²) in [5.41, 5.74) is 0.311. The smallest absolute Gasteiger partial charge is 0.271 e. The number of rotatable bonds is 4. The molecule has 0 radical (unpaired) electrons. The first-order valence-electron chi connectivity index (χ1n) is 4.47. The predicted octanol–water partition coefficient (Wildman–Crippen LogP) is 3.28. The number of carbonyl (C=O) groups is 1. The number of hydrogen-bond donors (Lipinski definition) is 0. The van der Waals surface area contributed by atoms with Gasteiger partial charge in [0.05, 0.1) is 9.75 Å². The van der Waals surface area contributed by atoms with Gasteiger partial charge in [0.15, 0.2) is 5.78 Å². The van der Waals surface area contributed by atoms with E-state index in [0.717, 1.165) is 0 Å². The Kier molecular flexibility index (Phi) is 4.49. The summed E-state index contributed by atoms with van der Waals surface area (Å²) in [6.45, 7) is 1.69. The number of nitro benzene ring substituents is 1. The molecule has 0 bridgehead atoms. The molecule has 0 heterocycles. The maximum Gasteiger partial charge on any atom is 0.271 e. The topological polar surface area (TPSA) is 60.2 Å². The van der Waals surface area contributed by atoms with Crippen LogP contribution in [0.2, 0.25) is 0 Å². The zero-order chi connectivity index (χ0) is 12.3. The van der Waals surface area contributed by atoms with Gasteiger partial charge >= 0.3 is 0 Å². The number of alkyl halides is 1. The lowest BCUT2D eigenvalue weighted by Gasteiger charge is -2.05. The minimum absolute atomic E-state index is 0.0525. The zero-order valence-electron chi connectivity index (χ0n) is 8.77. The van der Waals surface area contributed by atoms with Crippen molar-refractivity contribution >= 4 is 39.2 Å². The van der Waals surface area contributed by atoms with E-state index >= 15 is 0 Å². The first-order chi connectivity index (χ1) is 7.45. The van der Waals surface area contributed by atoms with Crippen LogP contribution in [0.15, 0.2) is 23.1 Å². The number of hydrogen-bond acceptors (Lipinski definition) is 4. The molecule has 1 atom stereocenters. The highest BCUT2D eigenvalue weighted by Crippen LogP contribution is 2.25. The lowest BCUT2D eigenvalue weighted by atomic mass is 10.1. The van der Waals surface area contributed by atoms with Gasteiger partial charge in [0, 0.05) is 22.6 Å². The first kappa shape index (κ1) is 13.2. The van der Waals surface area contributed by atoms with E-state index < -0.39 is 4.92 Å². The second kappa shape index (κ2) is 5.45. The standard InChI is InChI=1S/C10H10BrNO3S/c1-6(11)10(13)7-3-8(12(14)15)5-9(4-7)16-2/h3-6H,1-2H3. The van der Waals surface area contributed by atoms with Crippen molar-refractivity contribution in [3.63, 3.8) is 0 Å². The summed E-state index contributed by atoms with van der Waals surface area (Å²) in [4.78, 5) is 22.3. The van der Waals surface area contributed by atoms with Gasteiger partial charge in [-0.1, -0.05) is 15.9 Å². The number of halogens is 1. The van der Waals surface area contributed by atoms with Crippen molar-refractivity contribution in [1.29, 1.82) is 0 Å². The second-order valence-electron chi connectivity index (χ2n) is 3.16. The fourth-order valence-electron chi connectivity index (χ4n) is 1.18. The molecule has 16 heavy (non-hydrogen) atoms. The third-order valence-corrected chi connectivity index (χ3v) is 3.11. The summed E-state index contributed by atoms with van der Waals surface area (Å²) < 4.78 is 0. The van der Waals surface area contributed by atoms with Gasteiger partial charge in [0.1, 0.15) is 0 Å². The molecule has 0 aliphatic rings. The maximum atomic E-state index is 11.7. The molecule has 0 N–H and O–H groups in total.